The molecule has 1 fully saturated rings. The van der Waals surface area contributed by atoms with E-state index in [4.69, 9.17) is 9.47 Å². The van der Waals surface area contributed by atoms with Crippen molar-refractivity contribution in [1.29, 1.82) is 0 Å². The van der Waals surface area contributed by atoms with E-state index >= 15 is 0 Å². The zero-order valence-corrected chi connectivity index (χ0v) is 18.7. The van der Waals surface area contributed by atoms with Gasteiger partial charge in [0, 0.05) is 42.7 Å². The van der Waals surface area contributed by atoms with Gasteiger partial charge in [0.2, 0.25) is 0 Å². The lowest BCUT2D eigenvalue weighted by atomic mass is 9.97. The Hall–Kier alpha value is -2.29. The molecule has 1 aliphatic rings. The summed E-state index contributed by atoms with van der Waals surface area (Å²) in [7, 11) is 0. The van der Waals surface area contributed by atoms with Crippen molar-refractivity contribution in [1.82, 2.24) is 9.88 Å². The number of para-hydroxylation sites is 1. The molecular formula is C22H29N3O4S. The highest BCUT2D eigenvalue weighted by molar-refractivity contribution is 7.09. The number of rotatable bonds is 6. The third kappa shape index (κ3) is 6.10. The lowest BCUT2D eigenvalue weighted by Crippen LogP contribution is -2.41. The molecule has 3 rings (SSSR count). The molecule has 7 nitrogen and oxygen atoms in total. The number of hydrogen-bond acceptors (Lipinski definition) is 7. The summed E-state index contributed by atoms with van der Waals surface area (Å²) < 4.78 is 11.2. The number of amides is 1. The summed E-state index contributed by atoms with van der Waals surface area (Å²) in [5, 5.41) is 5.62. The van der Waals surface area contributed by atoms with Crippen molar-refractivity contribution < 1.29 is 19.1 Å². The maximum Gasteiger partial charge on any atom is 0.412 e. The number of carbonyl (C=O) groups excluding carboxylic acids is 2. The lowest BCUT2D eigenvalue weighted by molar-refractivity contribution is -0.0330. The molecule has 162 valence electrons. The van der Waals surface area contributed by atoms with Crippen molar-refractivity contribution in [3.63, 3.8) is 0 Å². The van der Waals surface area contributed by atoms with E-state index in [1.165, 1.54) is 0 Å². The van der Waals surface area contributed by atoms with E-state index in [0.717, 1.165) is 11.6 Å². The van der Waals surface area contributed by atoms with E-state index in [2.05, 4.69) is 15.2 Å². The molecule has 0 aliphatic carbocycles. The van der Waals surface area contributed by atoms with E-state index < -0.39 is 11.7 Å². The van der Waals surface area contributed by atoms with E-state index in [1.807, 2.05) is 12.3 Å². The monoisotopic (exact) mass is 431 g/mol. The molecule has 0 spiro atoms. The summed E-state index contributed by atoms with van der Waals surface area (Å²) in [6.45, 7) is 10.0. The number of ketones is 1. The van der Waals surface area contributed by atoms with Crippen LogP contribution >= 0.6 is 11.3 Å². The largest absolute Gasteiger partial charge is 0.444 e. The van der Waals surface area contributed by atoms with Crippen LogP contribution in [0.1, 0.15) is 49.2 Å². The quantitative estimate of drug-likeness (QED) is 0.684. The Labute approximate surface area is 181 Å². The highest BCUT2D eigenvalue weighted by Crippen LogP contribution is 2.26. The number of anilines is 1. The normalized spacial score (nSPS) is 18.6. The van der Waals surface area contributed by atoms with Crippen LogP contribution in [0.5, 0.6) is 0 Å². The zero-order valence-electron chi connectivity index (χ0n) is 17.9. The molecule has 0 radical (unpaired) electrons. The fraction of sp³-hybridized carbons (Fsp3) is 0.500. The minimum absolute atomic E-state index is 0.0149. The van der Waals surface area contributed by atoms with Gasteiger partial charge in [-0.2, -0.15) is 0 Å². The molecule has 0 saturated carbocycles. The lowest BCUT2D eigenvalue weighted by Gasteiger charge is -2.33. The first-order chi connectivity index (χ1) is 14.2. The molecule has 0 unspecified atom stereocenters. The number of ether oxygens (including phenoxy) is 2. The fourth-order valence-corrected chi connectivity index (χ4v) is 4.04. The molecule has 8 heteroatoms. The summed E-state index contributed by atoms with van der Waals surface area (Å²) in [6, 6.07) is 7.04. The number of nitrogens with one attached hydrogen (secondary N) is 1. The van der Waals surface area contributed by atoms with Crippen LogP contribution in [-0.4, -0.2) is 53.6 Å². The first kappa shape index (κ1) is 22.4. The van der Waals surface area contributed by atoms with Crippen LogP contribution in [0, 0.1) is 5.92 Å². The maximum absolute atomic E-state index is 13.2. The van der Waals surface area contributed by atoms with Gasteiger partial charge in [-0.1, -0.05) is 19.1 Å². The van der Waals surface area contributed by atoms with Crippen LogP contribution in [0.2, 0.25) is 0 Å². The molecule has 1 aromatic heterocycles. The number of thiazole rings is 1. The van der Waals surface area contributed by atoms with Crippen molar-refractivity contribution in [2.45, 2.75) is 39.4 Å². The second-order valence-electron chi connectivity index (χ2n) is 8.43. The number of aromatic nitrogens is 1. The van der Waals surface area contributed by atoms with Crippen LogP contribution in [0.4, 0.5) is 10.5 Å². The van der Waals surface area contributed by atoms with Gasteiger partial charge in [-0.25, -0.2) is 9.78 Å². The van der Waals surface area contributed by atoms with Crippen LogP contribution in [0.3, 0.4) is 0 Å². The molecule has 1 aromatic carbocycles. The van der Waals surface area contributed by atoms with Crippen molar-refractivity contribution in [2.24, 2.45) is 5.92 Å². The fourth-order valence-electron chi connectivity index (χ4n) is 3.37. The van der Waals surface area contributed by atoms with E-state index in [0.29, 0.717) is 30.9 Å². The maximum atomic E-state index is 13.2. The number of hydrogen-bond donors (Lipinski definition) is 1. The average Bonchev–Trinajstić information content (AvgIpc) is 3.21. The van der Waals surface area contributed by atoms with Crippen LogP contribution in [-0.2, 0) is 9.47 Å². The minimum Gasteiger partial charge on any atom is -0.444 e. The third-order valence-corrected chi connectivity index (χ3v) is 5.55. The van der Waals surface area contributed by atoms with Crippen LogP contribution in [0.15, 0.2) is 35.8 Å². The Kier molecular flexibility index (Phi) is 7.23. The van der Waals surface area contributed by atoms with Gasteiger partial charge in [0.15, 0.2) is 5.78 Å². The topological polar surface area (TPSA) is 80.8 Å². The Bertz CT molecular complexity index is 864. The van der Waals surface area contributed by atoms with Gasteiger partial charge in [-0.15, -0.1) is 11.3 Å². The Morgan fingerprint density at radius 1 is 1.37 bits per heavy atom. The van der Waals surface area contributed by atoms with Gasteiger partial charge >= 0.3 is 6.09 Å². The van der Waals surface area contributed by atoms with Crippen molar-refractivity contribution >= 4 is 28.9 Å². The van der Waals surface area contributed by atoms with Gasteiger partial charge in [0.05, 0.1) is 12.3 Å². The Morgan fingerprint density at radius 3 is 2.83 bits per heavy atom. The molecule has 2 heterocycles. The smallest absolute Gasteiger partial charge is 0.412 e. The highest BCUT2D eigenvalue weighted by atomic mass is 32.1. The Morgan fingerprint density at radius 2 is 2.13 bits per heavy atom. The second-order valence-corrected chi connectivity index (χ2v) is 9.35. The molecule has 1 aliphatic heterocycles. The van der Waals surface area contributed by atoms with Crippen molar-refractivity contribution in [3.05, 3.63) is 46.4 Å². The minimum atomic E-state index is -0.610. The van der Waals surface area contributed by atoms with E-state index in [-0.39, 0.29) is 17.8 Å². The first-order valence-electron chi connectivity index (χ1n) is 10.1. The van der Waals surface area contributed by atoms with Gasteiger partial charge in [0.1, 0.15) is 16.7 Å². The highest BCUT2D eigenvalue weighted by Gasteiger charge is 2.28. The summed E-state index contributed by atoms with van der Waals surface area (Å²) >= 11 is 1.58. The molecule has 1 amide bonds. The van der Waals surface area contributed by atoms with Gasteiger partial charge in [-0.3, -0.25) is 15.0 Å². The summed E-state index contributed by atoms with van der Waals surface area (Å²) in [6.07, 6.45) is 1.15. The summed E-state index contributed by atoms with van der Waals surface area (Å²) in [4.78, 5) is 31.9. The Balaban J connectivity index is 1.64. The molecule has 0 bridgehead atoms. The molecule has 1 saturated heterocycles. The molecule has 2 aromatic rings. The average molecular weight is 432 g/mol. The first-order valence-corrected chi connectivity index (χ1v) is 11.0. The number of carbonyl (C=O) groups is 2. The van der Waals surface area contributed by atoms with Crippen LogP contribution in [0.25, 0.3) is 0 Å². The van der Waals surface area contributed by atoms with Crippen molar-refractivity contribution in [3.8, 4) is 0 Å². The third-order valence-electron chi connectivity index (χ3n) is 4.69. The zero-order chi connectivity index (χ0) is 21.7. The van der Waals surface area contributed by atoms with Gasteiger partial charge in [0.25, 0.3) is 0 Å². The number of Topliss-reactive ketones (excluding diaryl/α,β-unsaturated/α-hetero) is 1. The van der Waals surface area contributed by atoms with E-state index in [1.54, 1.807) is 62.6 Å². The molecule has 30 heavy (non-hydrogen) atoms. The molecular weight excluding hydrogens is 402 g/mol. The second kappa shape index (κ2) is 9.68. The standard InChI is InChI=1S/C22H29N3O4S/c1-15(13-25-10-11-28-18(14-25)20-23-9-12-30-20)19(26)16-7-5-6-8-17(16)24-21(27)29-22(2,3)4/h5-9,12,15,18H,10-11,13-14H2,1-4H3,(H,24,27)/t15-,18-/m1/s1. The summed E-state index contributed by atoms with van der Waals surface area (Å²) in [5.74, 6) is -0.249. The number of morpholine rings is 1. The molecule has 1 N–H and O–H groups in total. The van der Waals surface area contributed by atoms with Gasteiger partial charge < -0.3 is 9.47 Å². The number of benzene rings is 1. The van der Waals surface area contributed by atoms with E-state index in [9.17, 15) is 9.59 Å². The van der Waals surface area contributed by atoms with Crippen molar-refractivity contribution in [2.75, 3.05) is 31.6 Å². The molecule has 2 atom stereocenters. The van der Waals surface area contributed by atoms with Gasteiger partial charge in [-0.05, 0) is 32.9 Å². The predicted octanol–water partition coefficient (Wildman–Crippen LogP) is 4.38. The summed E-state index contributed by atoms with van der Waals surface area (Å²) in [5.41, 5.74) is 0.340. The van der Waals surface area contributed by atoms with Crippen LogP contribution < -0.4 is 5.32 Å². The SMILES string of the molecule is C[C@H](CN1CCO[C@@H](c2nccs2)C1)C(=O)c1ccccc1NC(=O)OC(C)(C)C. The predicted molar refractivity (Wildman–Crippen MR) is 117 cm³/mol. The number of nitrogens with zero attached hydrogens (tertiary/aromatic N) is 2.